The van der Waals surface area contributed by atoms with Crippen molar-refractivity contribution in [1.82, 2.24) is 5.32 Å². The summed E-state index contributed by atoms with van der Waals surface area (Å²) in [6.45, 7) is 11.4. The van der Waals surface area contributed by atoms with Gasteiger partial charge >= 0.3 is 0 Å². The maximum Gasteiger partial charge on any atom is 0.244 e. The zero-order chi connectivity index (χ0) is 18.4. The fraction of sp³-hybridized carbons (Fsp3) is 0.476. The Hall–Kier alpha value is -2.23. The molecule has 25 heavy (non-hydrogen) atoms. The summed E-state index contributed by atoms with van der Waals surface area (Å²) >= 11 is 0. The van der Waals surface area contributed by atoms with E-state index in [0.29, 0.717) is 13.2 Å². The Balaban J connectivity index is 2.33. The number of rotatable bonds is 8. The molecule has 0 aliphatic rings. The molecule has 0 fully saturated rings. The summed E-state index contributed by atoms with van der Waals surface area (Å²) in [6.07, 6.45) is 6.71. The van der Waals surface area contributed by atoms with Gasteiger partial charge in [-0.25, -0.2) is 0 Å². The molecule has 4 heteroatoms. The van der Waals surface area contributed by atoms with Crippen molar-refractivity contribution in [2.75, 3.05) is 13.2 Å². The highest BCUT2D eigenvalue weighted by Crippen LogP contribution is 2.37. The second-order valence-corrected chi connectivity index (χ2v) is 6.43. The van der Waals surface area contributed by atoms with Crippen LogP contribution in [0.5, 0.6) is 5.75 Å². The zero-order valence-electron chi connectivity index (χ0n) is 16.0. The molecule has 1 N–H and O–H groups in total. The molecule has 0 spiro atoms. The fourth-order valence-corrected chi connectivity index (χ4v) is 2.97. The van der Waals surface area contributed by atoms with Gasteiger partial charge in [-0.3, -0.25) is 4.79 Å². The molecule has 0 unspecified atom stereocenters. The van der Waals surface area contributed by atoms with E-state index < -0.39 is 0 Å². The van der Waals surface area contributed by atoms with Crippen molar-refractivity contribution in [2.45, 2.75) is 53.9 Å². The Morgan fingerprint density at radius 3 is 2.72 bits per heavy atom. The van der Waals surface area contributed by atoms with Gasteiger partial charge in [0, 0.05) is 29.1 Å². The van der Waals surface area contributed by atoms with Crippen molar-refractivity contribution in [3.8, 4) is 5.75 Å². The van der Waals surface area contributed by atoms with Gasteiger partial charge in [0.15, 0.2) is 0 Å². The number of unbranched alkanes of at least 4 members (excludes halogenated alkanes) is 2. The van der Waals surface area contributed by atoms with Crippen LogP contribution in [-0.2, 0) is 4.79 Å². The number of hydrogen-bond donors (Lipinski definition) is 1. The smallest absolute Gasteiger partial charge is 0.244 e. The standard InChI is InChI=1S/C21H29NO3/c1-6-8-9-10-22-19(23)11-14(3)17-12-18-15(4)13-25-21(18)16(5)20(17)24-7-2/h11-13H,6-10H2,1-5H3,(H,22,23)/b14-11+. The Morgan fingerprint density at radius 2 is 2.04 bits per heavy atom. The van der Waals surface area contributed by atoms with Crippen LogP contribution in [-0.4, -0.2) is 19.1 Å². The molecule has 4 nitrogen and oxygen atoms in total. The quantitative estimate of drug-likeness (QED) is 0.532. The zero-order valence-corrected chi connectivity index (χ0v) is 16.0. The summed E-state index contributed by atoms with van der Waals surface area (Å²) in [6, 6.07) is 2.06. The van der Waals surface area contributed by atoms with E-state index >= 15 is 0 Å². The molecule has 0 saturated carbocycles. The molecule has 0 atom stereocenters. The second kappa shape index (κ2) is 8.75. The van der Waals surface area contributed by atoms with Crippen molar-refractivity contribution in [3.05, 3.63) is 35.1 Å². The molecule has 0 aliphatic carbocycles. The molecular formula is C21H29NO3. The van der Waals surface area contributed by atoms with Gasteiger partial charge < -0.3 is 14.5 Å². The highest BCUT2D eigenvalue weighted by Gasteiger charge is 2.17. The lowest BCUT2D eigenvalue weighted by atomic mass is 9.98. The summed E-state index contributed by atoms with van der Waals surface area (Å²) in [4.78, 5) is 12.2. The lowest BCUT2D eigenvalue weighted by molar-refractivity contribution is -0.116. The number of nitrogens with one attached hydrogen (secondary N) is 1. The number of aryl methyl sites for hydroxylation is 2. The second-order valence-electron chi connectivity index (χ2n) is 6.43. The molecular weight excluding hydrogens is 314 g/mol. The molecule has 1 amide bonds. The third-order valence-corrected chi connectivity index (χ3v) is 4.38. The maximum absolute atomic E-state index is 12.2. The van der Waals surface area contributed by atoms with E-state index in [0.717, 1.165) is 58.2 Å². The van der Waals surface area contributed by atoms with Crippen molar-refractivity contribution in [3.63, 3.8) is 0 Å². The van der Waals surface area contributed by atoms with Crippen LogP contribution in [0, 0.1) is 13.8 Å². The molecule has 2 aromatic rings. The summed E-state index contributed by atoms with van der Waals surface area (Å²) in [7, 11) is 0. The molecule has 136 valence electrons. The van der Waals surface area contributed by atoms with E-state index in [-0.39, 0.29) is 5.91 Å². The van der Waals surface area contributed by atoms with Crippen LogP contribution in [0.3, 0.4) is 0 Å². The monoisotopic (exact) mass is 343 g/mol. The number of allylic oxidation sites excluding steroid dienone is 1. The van der Waals surface area contributed by atoms with Crippen LogP contribution >= 0.6 is 0 Å². The number of hydrogen-bond acceptors (Lipinski definition) is 3. The van der Waals surface area contributed by atoms with E-state index in [1.54, 1.807) is 12.3 Å². The van der Waals surface area contributed by atoms with Gasteiger partial charge in [-0.1, -0.05) is 19.8 Å². The van der Waals surface area contributed by atoms with E-state index in [9.17, 15) is 4.79 Å². The fourth-order valence-electron chi connectivity index (χ4n) is 2.97. The van der Waals surface area contributed by atoms with E-state index in [4.69, 9.17) is 9.15 Å². The van der Waals surface area contributed by atoms with Gasteiger partial charge in [0.05, 0.1) is 12.9 Å². The molecule has 2 rings (SSSR count). The number of carbonyl (C=O) groups excluding carboxylic acids is 1. The first-order valence-corrected chi connectivity index (χ1v) is 9.10. The molecule has 1 heterocycles. The number of ether oxygens (including phenoxy) is 1. The Bertz CT molecular complexity index is 771. The van der Waals surface area contributed by atoms with Crippen LogP contribution in [0.4, 0.5) is 0 Å². The minimum absolute atomic E-state index is 0.0577. The number of benzene rings is 1. The Kier molecular flexibility index (Phi) is 6.68. The lowest BCUT2D eigenvalue weighted by Gasteiger charge is -2.14. The van der Waals surface area contributed by atoms with Crippen LogP contribution in [0.15, 0.2) is 22.8 Å². The highest BCUT2D eigenvalue weighted by atomic mass is 16.5. The van der Waals surface area contributed by atoms with Gasteiger partial charge in [-0.2, -0.15) is 0 Å². The van der Waals surface area contributed by atoms with Gasteiger partial charge in [0.1, 0.15) is 11.3 Å². The van der Waals surface area contributed by atoms with Gasteiger partial charge in [0.25, 0.3) is 0 Å². The minimum atomic E-state index is -0.0577. The van der Waals surface area contributed by atoms with E-state index in [1.807, 2.05) is 27.7 Å². The lowest BCUT2D eigenvalue weighted by Crippen LogP contribution is -2.22. The summed E-state index contributed by atoms with van der Waals surface area (Å²) in [5, 5.41) is 4.02. The van der Waals surface area contributed by atoms with Crippen LogP contribution in [0.25, 0.3) is 16.5 Å². The summed E-state index contributed by atoms with van der Waals surface area (Å²) in [5.74, 6) is 0.731. The van der Waals surface area contributed by atoms with E-state index in [1.165, 1.54) is 0 Å². The van der Waals surface area contributed by atoms with Crippen molar-refractivity contribution in [2.24, 2.45) is 0 Å². The largest absolute Gasteiger partial charge is 0.493 e. The normalized spacial score (nSPS) is 11.8. The first-order valence-electron chi connectivity index (χ1n) is 9.10. The average Bonchev–Trinajstić information content (AvgIpc) is 2.95. The van der Waals surface area contributed by atoms with E-state index in [2.05, 4.69) is 18.3 Å². The van der Waals surface area contributed by atoms with Gasteiger partial charge in [-0.05, 0) is 51.3 Å². The van der Waals surface area contributed by atoms with Crippen molar-refractivity contribution in [1.29, 1.82) is 0 Å². The minimum Gasteiger partial charge on any atom is -0.493 e. The average molecular weight is 343 g/mol. The predicted molar refractivity (Wildman–Crippen MR) is 103 cm³/mol. The highest BCUT2D eigenvalue weighted by molar-refractivity contribution is 5.98. The Morgan fingerprint density at radius 1 is 1.28 bits per heavy atom. The molecule has 1 aromatic heterocycles. The first kappa shape index (κ1) is 19.1. The maximum atomic E-state index is 12.2. The third kappa shape index (κ3) is 4.44. The molecule has 0 aliphatic heterocycles. The first-order chi connectivity index (χ1) is 12.0. The SMILES string of the molecule is CCCCCNC(=O)/C=C(\C)c1cc2c(C)coc2c(C)c1OCC. The molecule has 0 bridgehead atoms. The topological polar surface area (TPSA) is 51.5 Å². The number of carbonyl (C=O) groups is 1. The number of fused-ring (bicyclic) bond motifs is 1. The molecule has 0 radical (unpaired) electrons. The van der Waals surface area contributed by atoms with Crippen LogP contribution in [0.2, 0.25) is 0 Å². The molecule has 1 aromatic carbocycles. The van der Waals surface area contributed by atoms with Crippen LogP contribution < -0.4 is 10.1 Å². The third-order valence-electron chi connectivity index (χ3n) is 4.38. The summed E-state index contributed by atoms with van der Waals surface area (Å²) < 4.78 is 11.5. The van der Waals surface area contributed by atoms with Gasteiger partial charge in [0.2, 0.25) is 5.91 Å². The van der Waals surface area contributed by atoms with Gasteiger partial charge in [-0.15, -0.1) is 0 Å². The van der Waals surface area contributed by atoms with Crippen molar-refractivity contribution < 1.29 is 13.9 Å². The number of furan rings is 1. The Labute approximate surface area is 150 Å². The van der Waals surface area contributed by atoms with Crippen LogP contribution in [0.1, 0.15) is 56.7 Å². The van der Waals surface area contributed by atoms with Crippen molar-refractivity contribution >= 4 is 22.4 Å². The molecule has 0 saturated heterocycles. The summed E-state index contributed by atoms with van der Waals surface area (Å²) in [5.41, 5.74) is 4.74. The number of amides is 1. The predicted octanol–water partition coefficient (Wildman–Crippen LogP) is 5.16.